The molecule has 1 aromatic rings. The van der Waals surface area contributed by atoms with Gasteiger partial charge in [-0.25, -0.2) is 0 Å². The number of rotatable bonds is 1. The highest BCUT2D eigenvalue weighted by Gasteiger charge is 2.44. The molecule has 0 amide bonds. The van der Waals surface area contributed by atoms with Gasteiger partial charge in [-0.1, -0.05) is 0 Å². The molecule has 0 heterocycles. The number of halogens is 3. The third-order valence-electron chi connectivity index (χ3n) is 1.36. The Bertz CT molecular complexity index is 439. The van der Waals surface area contributed by atoms with Gasteiger partial charge in [-0.3, -0.25) is 4.55 Å². The highest BCUT2D eigenvalue weighted by atomic mass is 32.2. The lowest BCUT2D eigenvalue weighted by Crippen LogP contribution is -2.21. The second-order valence-corrected chi connectivity index (χ2v) is 4.55. The number of hydrogen-bond acceptors (Lipinski definition) is 4. The molecular weight excluding hydrogens is 281 g/mol. The zero-order valence-electron chi connectivity index (χ0n) is 8.47. The van der Waals surface area contributed by atoms with Crippen LogP contribution < -0.4 is 4.74 Å². The summed E-state index contributed by atoms with van der Waals surface area (Å²) in [6, 6.07) is 7.54. The predicted octanol–water partition coefficient (Wildman–Crippen LogP) is 2.38. The Balaban J connectivity index is 0.000000304. The minimum absolute atomic E-state index is 0.868. The normalized spacial score (nSPS) is 11.4. The quantitative estimate of drug-likeness (QED) is 0.473. The number of benzene rings is 1. The maximum Gasteiger partial charge on any atom is 0.522 e. The van der Waals surface area contributed by atoms with E-state index in [0.717, 1.165) is 10.6 Å². The lowest BCUT2D eigenvalue weighted by Gasteiger charge is -1.97. The molecule has 0 unspecified atom stereocenters. The largest absolute Gasteiger partial charge is 0.522 e. The van der Waals surface area contributed by atoms with Crippen molar-refractivity contribution in [1.29, 1.82) is 0 Å². The van der Waals surface area contributed by atoms with Crippen molar-refractivity contribution < 1.29 is 30.9 Å². The van der Waals surface area contributed by atoms with Crippen molar-refractivity contribution in [3.8, 4) is 5.75 Å². The van der Waals surface area contributed by atoms with Gasteiger partial charge >= 0.3 is 15.6 Å². The second kappa shape index (κ2) is 6.12. The standard InChI is InChI=1S/C7H8OS.CHF3O3S/c1-8-6-2-4-7(9)5-3-6;2-1(3,4)8(5,6)7/h2-5,9H,1H3;(H,5,6,7). The first-order valence-corrected chi connectivity index (χ1v) is 5.83. The summed E-state index contributed by atoms with van der Waals surface area (Å²) in [5.41, 5.74) is -5.53. The molecule has 98 valence electrons. The summed E-state index contributed by atoms with van der Waals surface area (Å²) >= 11 is 4.11. The molecule has 0 bridgehead atoms. The first kappa shape index (κ1) is 16.1. The van der Waals surface area contributed by atoms with Gasteiger partial charge in [0.05, 0.1) is 7.11 Å². The van der Waals surface area contributed by atoms with Gasteiger partial charge in [0, 0.05) is 4.90 Å². The Morgan fingerprint density at radius 1 is 1.24 bits per heavy atom. The van der Waals surface area contributed by atoms with Crippen LogP contribution in [0.5, 0.6) is 5.75 Å². The topological polar surface area (TPSA) is 63.6 Å². The molecule has 0 spiro atoms. The molecule has 0 atom stereocenters. The smallest absolute Gasteiger partial charge is 0.497 e. The highest BCUT2D eigenvalue weighted by Crippen LogP contribution is 2.20. The maximum atomic E-state index is 10.7. The molecule has 0 aliphatic carbocycles. The van der Waals surface area contributed by atoms with Gasteiger partial charge in [-0.2, -0.15) is 21.6 Å². The van der Waals surface area contributed by atoms with Crippen molar-refractivity contribution >= 4 is 22.7 Å². The van der Waals surface area contributed by atoms with Gasteiger partial charge in [-0.05, 0) is 24.3 Å². The third kappa shape index (κ3) is 6.39. The number of hydrogen-bond donors (Lipinski definition) is 2. The highest BCUT2D eigenvalue weighted by molar-refractivity contribution is 7.86. The SMILES string of the molecule is COc1ccc(S)cc1.O=S(=O)(O)C(F)(F)F. The van der Waals surface area contributed by atoms with Gasteiger partial charge < -0.3 is 4.74 Å². The third-order valence-corrected chi connectivity index (χ3v) is 2.25. The van der Waals surface area contributed by atoms with Crippen LogP contribution in [0.2, 0.25) is 0 Å². The summed E-state index contributed by atoms with van der Waals surface area (Å²) in [7, 11) is -4.19. The van der Waals surface area contributed by atoms with Crippen LogP contribution in [0.1, 0.15) is 0 Å². The summed E-state index contributed by atoms with van der Waals surface area (Å²) in [5.74, 6) is 0.868. The van der Waals surface area contributed by atoms with Crippen LogP contribution in [0.3, 0.4) is 0 Å². The van der Waals surface area contributed by atoms with E-state index in [0.29, 0.717) is 0 Å². The van der Waals surface area contributed by atoms with Crippen molar-refractivity contribution in [1.82, 2.24) is 0 Å². The molecule has 1 N–H and O–H groups in total. The molecule has 0 aromatic heterocycles. The zero-order valence-corrected chi connectivity index (χ0v) is 10.2. The van der Waals surface area contributed by atoms with E-state index in [4.69, 9.17) is 17.7 Å². The molecule has 0 fully saturated rings. The van der Waals surface area contributed by atoms with Crippen molar-refractivity contribution in [3.05, 3.63) is 24.3 Å². The lowest BCUT2D eigenvalue weighted by molar-refractivity contribution is -0.0510. The van der Waals surface area contributed by atoms with Crippen LogP contribution in [0.4, 0.5) is 13.2 Å². The molecule has 0 saturated carbocycles. The summed E-state index contributed by atoms with van der Waals surface area (Å²) in [4.78, 5) is 0.954. The molecule has 4 nitrogen and oxygen atoms in total. The molecule has 1 rings (SSSR count). The summed E-state index contributed by atoms with van der Waals surface area (Å²) < 4.78 is 62.5. The Morgan fingerprint density at radius 3 is 1.82 bits per heavy atom. The first-order chi connectivity index (χ1) is 7.58. The van der Waals surface area contributed by atoms with Crippen LogP contribution in [0, 0.1) is 0 Å². The van der Waals surface area contributed by atoms with Gasteiger partial charge in [0.1, 0.15) is 5.75 Å². The second-order valence-electron chi connectivity index (χ2n) is 2.62. The van der Waals surface area contributed by atoms with Gasteiger partial charge in [0.2, 0.25) is 0 Å². The molecule has 0 aliphatic rings. The van der Waals surface area contributed by atoms with E-state index in [1.54, 1.807) is 7.11 Å². The van der Waals surface area contributed by atoms with E-state index in [1.165, 1.54) is 0 Å². The van der Waals surface area contributed by atoms with E-state index < -0.39 is 15.6 Å². The summed E-state index contributed by atoms with van der Waals surface area (Å²) in [5, 5.41) is 0. The minimum Gasteiger partial charge on any atom is -0.497 e. The number of thiol groups is 1. The zero-order chi connectivity index (χ0) is 13.7. The van der Waals surface area contributed by atoms with Gasteiger partial charge in [-0.15, -0.1) is 12.6 Å². The number of ether oxygens (including phenoxy) is 1. The average Bonchev–Trinajstić information content (AvgIpc) is 2.17. The van der Waals surface area contributed by atoms with E-state index >= 15 is 0 Å². The fraction of sp³-hybridized carbons (Fsp3) is 0.250. The molecule has 0 aliphatic heterocycles. The molecule has 0 radical (unpaired) electrons. The lowest BCUT2D eigenvalue weighted by atomic mass is 10.3. The summed E-state index contributed by atoms with van der Waals surface area (Å²) in [6.45, 7) is 0. The molecule has 0 saturated heterocycles. The van der Waals surface area contributed by atoms with Crippen molar-refractivity contribution in [2.24, 2.45) is 0 Å². The van der Waals surface area contributed by atoms with E-state index in [2.05, 4.69) is 12.6 Å². The van der Waals surface area contributed by atoms with E-state index in [1.807, 2.05) is 24.3 Å². The minimum atomic E-state index is -5.84. The average molecular weight is 290 g/mol. The van der Waals surface area contributed by atoms with Crippen LogP contribution in [-0.2, 0) is 10.1 Å². The Morgan fingerprint density at radius 2 is 1.59 bits per heavy atom. The fourth-order valence-corrected chi connectivity index (χ4v) is 0.731. The van der Waals surface area contributed by atoms with Crippen LogP contribution in [0.25, 0.3) is 0 Å². The van der Waals surface area contributed by atoms with Crippen molar-refractivity contribution in [3.63, 3.8) is 0 Å². The summed E-state index contributed by atoms with van der Waals surface area (Å²) in [6.07, 6.45) is 0. The number of alkyl halides is 3. The Kier molecular flexibility index (Phi) is 5.79. The monoisotopic (exact) mass is 290 g/mol. The van der Waals surface area contributed by atoms with E-state index in [-0.39, 0.29) is 0 Å². The Hall–Kier alpha value is -0.930. The predicted molar refractivity (Wildman–Crippen MR) is 57.8 cm³/mol. The maximum absolute atomic E-state index is 10.7. The van der Waals surface area contributed by atoms with Crippen LogP contribution in [-0.4, -0.2) is 25.6 Å². The fourth-order valence-electron chi connectivity index (χ4n) is 0.582. The van der Waals surface area contributed by atoms with E-state index in [9.17, 15) is 13.2 Å². The van der Waals surface area contributed by atoms with Crippen LogP contribution >= 0.6 is 12.6 Å². The van der Waals surface area contributed by atoms with Crippen LogP contribution in [0.15, 0.2) is 29.2 Å². The van der Waals surface area contributed by atoms with Crippen molar-refractivity contribution in [2.75, 3.05) is 7.11 Å². The molecule has 1 aromatic carbocycles. The number of methoxy groups -OCH3 is 1. The molecule has 17 heavy (non-hydrogen) atoms. The van der Waals surface area contributed by atoms with Gasteiger partial charge in [0.15, 0.2) is 0 Å². The Labute approximate surface area is 102 Å². The van der Waals surface area contributed by atoms with Crippen molar-refractivity contribution in [2.45, 2.75) is 10.4 Å². The molecule has 9 heteroatoms. The van der Waals surface area contributed by atoms with Gasteiger partial charge in [0.25, 0.3) is 0 Å². The molecular formula is C8H9F3O4S2. The first-order valence-electron chi connectivity index (χ1n) is 3.94.